The number of aromatic amines is 1. The van der Waals surface area contributed by atoms with Crippen molar-refractivity contribution in [3.05, 3.63) is 89.4 Å². The molecular formula is C28H28F5IrN4-. The summed E-state index contributed by atoms with van der Waals surface area (Å²) < 4.78 is 64.0. The van der Waals surface area contributed by atoms with Gasteiger partial charge in [-0.25, -0.2) is 0 Å². The van der Waals surface area contributed by atoms with E-state index >= 15 is 0 Å². The minimum Gasteiger partial charge on any atom is -0.305 e. The van der Waals surface area contributed by atoms with E-state index in [0.717, 1.165) is 29.3 Å². The number of H-pyrrole nitrogens is 1. The quantitative estimate of drug-likeness (QED) is 0.170. The normalized spacial score (nSPS) is 11.9. The van der Waals surface area contributed by atoms with Crippen LogP contribution in [-0.4, -0.2) is 20.2 Å². The molecule has 0 saturated carbocycles. The molecule has 0 aliphatic rings. The number of hydrogen-bond acceptors (Lipinski definition) is 3. The maximum absolute atomic E-state index is 13.7. The molecule has 38 heavy (non-hydrogen) atoms. The van der Waals surface area contributed by atoms with Crippen LogP contribution in [-0.2, 0) is 37.1 Å². The second kappa shape index (κ2) is 11.8. The van der Waals surface area contributed by atoms with Gasteiger partial charge in [0.1, 0.15) is 11.4 Å². The van der Waals surface area contributed by atoms with Crippen LogP contribution in [0.15, 0.2) is 54.9 Å². The average Bonchev–Trinajstić information content (AvgIpc) is 3.30. The first-order valence-corrected chi connectivity index (χ1v) is 11.5. The van der Waals surface area contributed by atoms with Crippen LogP contribution in [0.2, 0.25) is 0 Å². The fourth-order valence-corrected chi connectivity index (χ4v) is 3.31. The van der Waals surface area contributed by atoms with Crippen molar-refractivity contribution in [2.45, 2.75) is 58.5 Å². The van der Waals surface area contributed by atoms with Gasteiger partial charge in [-0.2, -0.15) is 18.3 Å². The fourth-order valence-electron chi connectivity index (χ4n) is 3.31. The molecule has 10 heteroatoms. The molecule has 3 aromatic heterocycles. The van der Waals surface area contributed by atoms with Crippen LogP contribution in [0.3, 0.4) is 0 Å². The predicted octanol–water partition coefficient (Wildman–Crippen LogP) is 7.91. The maximum Gasteiger partial charge on any atom is 0.432 e. The Morgan fingerprint density at radius 1 is 0.737 bits per heavy atom. The van der Waals surface area contributed by atoms with Gasteiger partial charge in [0.25, 0.3) is 0 Å². The molecule has 1 aromatic carbocycles. The van der Waals surface area contributed by atoms with Crippen LogP contribution in [0.5, 0.6) is 0 Å². The summed E-state index contributed by atoms with van der Waals surface area (Å²) >= 11 is 0. The van der Waals surface area contributed by atoms with Gasteiger partial charge in [0.15, 0.2) is 0 Å². The van der Waals surface area contributed by atoms with E-state index in [9.17, 15) is 22.0 Å². The SMILES string of the molecule is CC(C)(C)c1ccnc(-c2[c-]cc(F)cc2F)c1.CC(C)(C)c1ccnc(-c2cc(C(F)(F)F)[nH]n2)c1.[Ir]. The Hall–Kier alpha value is -2.97. The zero-order chi connectivity index (χ0) is 27.6. The van der Waals surface area contributed by atoms with Gasteiger partial charge in [-0.3, -0.25) is 18.9 Å². The zero-order valence-electron chi connectivity index (χ0n) is 21.8. The van der Waals surface area contributed by atoms with Gasteiger partial charge in [-0.1, -0.05) is 59.2 Å². The summed E-state index contributed by atoms with van der Waals surface area (Å²) in [5.41, 5.74) is 2.32. The summed E-state index contributed by atoms with van der Waals surface area (Å²) in [7, 11) is 0. The molecule has 1 radical (unpaired) electrons. The molecule has 0 amide bonds. The number of nitrogens with one attached hydrogen (secondary N) is 1. The van der Waals surface area contributed by atoms with Gasteiger partial charge in [0.2, 0.25) is 0 Å². The van der Waals surface area contributed by atoms with Crippen LogP contribution in [0.4, 0.5) is 22.0 Å². The molecule has 3 heterocycles. The third-order valence-corrected chi connectivity index (χ3v) is 5.51. The smallest absolute Gasteiger partial charge is 0.305 e. The Kier molecular flexibility index (Phi) is 9.72. The third kappa shape index (κ3) is 8.01. The average molecular weight is 708 g/mol. The molecule has 0 bridgehead atoms. The predicted molar refractivity (Wildman–Crippen MR) is 133 cm³/mol. The molecule has 205 valence electrons. The minimum atomic E-state index is -4.42. The van der Waals surface area contributed by atoms with Crippen molar-refractivity contribution in [3.8, 4) is 22.6 Å². The van der Waals surface area contributed by atoms with E-state index in [2.05, 4.69) is 41.9 Å². The molecule has 0 aliphatic carbocycles. The van der Waals surface area contributed by atoms with Crippen LogP contribution < -0.4 is 0 Å². The largest absolute Gasteiger partial charge is 0.432 e. The number of rotatable bonds is 2. The van der Waals surface area contributed by atoms with Crippen LogP contribution in [0, 0.1) is 17.7 Å². The number of hydrogen-bond donors (Lipinski definition) is 1. The Bertz CT molecular complexity index is 1370. The topological polar surface area (TPSA) is 54.5 Å². The number of benzene rings is 1. The van der Waals surface area contributed by atoms with Crippen molar-refractivity contribution in [1.29, 1.82) is 0 Å². The van der Waals surface area contributed by atoms with Crippen molar-refractivity contribution in [1.82, 2.24) is 20.2 Å². The molecule has 4 aromatic rings. The van der Waals surface area contributed by atoms with E-state index in [1.165, 1.54) is 0 Å². The zero-order valence-corrected chi connectivity index (χ0v) is 24.2. The van der Waals surface area contributed by atoms with Gasteiger partial charge in [-0.15, -0.1) is 12.1 Å². The van der Waals surface area contributed by atoms with Gasteiger partial charge < -0.3 is 4.98 Å². The van der Waals surface area contributed by atoms with E-state index in [1.54, 1.807) is 18.5 Å². The van der Waals surface area contributed by atoms with E-state index in [4.69, 9.17) is 0 Å². The molecule has 0 atom stereocenters. The minimum absolute atomic E-state index is 0. The number of aromatic nitrogens is 4. The summed E-state index contributed by atoms with van der Waals surface area (Å²) in [6, 6.07) is 12.8. The second-order valence-corrected chi connectivity index (χ2v) is 10.6. The number of pyridine rings is 2. The summed E-state index contributed by atoms with van der Waals surface area (Å²) in [4.78, 5) is 8.19. The summed E-state index contributed by atoms with van der Waals surface area (Å²) in [6.07, 6.45) is -1.21. The van der Waals surface area contributed by atoms with Gasteiger partial charge in [-0.05, 0) is 51.9 Å². The van der Waals surface area contributed by atoms with Crippen molar-refractivity contribution in [2.75, 3.05) is 0 Å². The molecule has 0 aliphatic heterocycles. The molecule has 0 saturated heterocycles. The third-order valence-electron chi connectivity index (χ3n) is 5.51. The first-order chi connectivity index (χ1) is 17.1. The summed E-state index contributed by atoms with van der Waals surface area (Å²) in [5.74, 6) is -1.28. The van der Waals surface area contributed by atoms with Gasteiger partial charge in [0.05, 0.1) is 5.69 Å². The van der Waals surface area contributed by atoms with Crippen molar-refractivity contribution < 1.29 is 42.1 Å². The van der Waals surface area contributed by atoms with E-state index in [-0.39, 0.29) is 42.2 Å². The molecular weight excluding hydrogens is 680 g/mol. The Morgan fingerprint density at radius 3 is 1.74 bits per heavy atom. The molecule has 4 rings (SSSR count). The van der Waals surface area contributed by atoms with Crippen LogP contribution in [0.1, 0.15) is 58.4 Å². The van der Waals surface area contributed by atoms with Crippen molar-refractivity contribution in [2.24, 2.45) is 0 Å². The standard InChI is InChI=1S/C15H14F2N.C13H14F3N3.Ir/c1-15(2,3)10-6-7-18-14(8-10)12-5-4-11(16)9-13(12)17;1-12(2,3)8-4-5-17-9(6-8)10-7-11(19-18-10)13(14,15)16;/h4,6-9H,1-3H3;4-7H,1-3H3,(H,18,19);/q-1;;. The number of halogens is 5. The molecule has 1 N–H and O–H groups in total. The molecule has 4 nitrogen and oxygen atoms in total. The summed E-state index contributed by atoms with van der Waals surface area (Å²) in [6.45, 7) is 12.3. The first kappa shape index (κ1) is 31.2. The number of nitrogens with zero attached hydrogens (tertiary/aromatic N) is 3. The van der Waals surface area contributed by atoms with Crippen molar-refractivity contribution in [3.63, 3.8) is 0 Å². The van der Waals surface area contributed by atoms with Gasteiger partial charge >= 0.3 is 6.18 Å². The van der Waals surface area contributed by atoms with E-state index < -0.39 is 23.5 Å². The molecule has 0 unspecified atom stereocenters. The van der Waals surface area contributed by atoms with E-state index in [0.29, 0.717) is 11.4 Å². The molecule has 0 spiro atoms. The fraction of sp³-hybridized carbons (Fsp3) is 0.321. The monoisotopic (exact) mass is 708 g/mol. The maximum atomic E-state index is 13.7. The molecule has 0 fully saturated rings. The summed E-state index contributed by atoms with van der Waals surface area (Å²) in [5, 5.41) is 5.66. The number of alkyl halides is 3. The van der Waals surface area contributed by atoms with Crippen LogP contribution >= 0.6 is 0 Å². The second-order valence-electron chi connectivity index (χ2n) is 10.6. The van der Waals surface area contributed by atoms with E-state index in [1.807, 2.05) is 44.1 Å². The van der Waals surface area contributed by atoms with Gasteiger partial charge in [0, 0.05) is 44.1 Å². The Labute approximate surface area is 232 Å². The van der Waals surface area contributed by atoms with Crippen molar-refractivity contribution >= 4 is 0 Å². The van der Waals surface area contributed by atoms with Crippen LogP contribution in [0.25, 0.3) is 22.6 Å². The Balaban J connectivity index is 0.000000260. The first-order valence-electron chi connectivity index (χ1n) is 11.5. The Morgan fingerprint density at radius 2 is 1.26 bits per heavy atom.